The van der Waals surface area contributed by atoms with Gasteiger partial charge in [0.15, 0.2) is 11.4 Å². The van der Waals surface area contributed by atoms with E-state index >= 15 is 0 Å². The van der Waals surface area contributed by atoms with E-state index in [2.05, 4.69) is 19.2 Å². The quantitative estimate of drug-likeness (QED) is 0.804. The highest BCUT2D eigenvalue weighted by Gasteiger charge is 2.08. The van der Waals surface area contributed by atoms with Crippen molar-refractivity contribution in [1.82, 2.24) is 5.32 Å². The van der Waals surface area contributed by atoms with E-state index in [0.717, 1.165) is 30.5 Å². The molecule has 17 heavy (non-hydrogen) atoms. The molecule has 3 heteroatoms. The van der Waals surface area contributed by atoms with Crippen molar-refractivity contribution in [3.8, 4) is 0 Å². The van der Waals surface area contributed by atoms with Crippen LogP contribution in [0.15, 0.2) is 28.9 Å². The lowest BCUT2D eigenvalue weighted by molar-refractivity contribution is 0.546. The minimum absolute atomic E-state index is 0.288. The molecule has 0 radical (unpaired) electrons. The van der Waals surface area contributed by atoms with Gasteiger partial charge in [-0.3, -0.25) is 0 Å². The first kappa shape index (κ1) is 12.1. The Bertz CT molecular complexity index is 490. The van der Waals surface area contributed by atoms with Crippen LogP contribution in [0.4, 0.5) is 4.39 Å². The van der Waals surface area contributed by atoms with Crippen molar-refractivity contribution in [3.63, 3.8) is 0 Å². The molecule has 1 aromatic heterocycles. The second-order valence-corrected chi connectivity index (χ2v) is 4.73. The number of furan rings is 1. The summed E-state index contributed by atoms with van der Waals surface area (Å²) in [6.45, 7) is 6.25. The maximum Gasteiger partial charge on any atom is 0.169 e. The molecule has 2 rings (SSSR count). The van der Waals surface area contributed by atoms with E-state index in [1.54, 1.807) is 12.3 Å². The van der Waals surface area contributed by atoms with Crippen molar-refractivity contribution in [2.75, 3.05) is 13.1 Å². The van der Waals surface area contributed by atoms with Crippen molar-refractivity contribution >= 4 is 11.0 Å². The predicted octanol–water partition coefficient (Wildman–Crippen LogP) is 3.36. The van der Waals surface area contributed by atoms with Crippen LogP contribution < -0.4 is 5.32 Å². The molecule has 0 bridgehead atoms. The molecule has 2 nitrogen and oxygen atoms in total. The van der Waals surface area contributed by atoms with Crippen LogP contribution in [-0.2, 0) is 6.42 Å². The van der Waals surface area contributed by atoms with Crippen LogP contribution in [0.3, 0.4) is 0 Å². The fraction of sp³-hybridized carbons (Fsp3) is 0.429. The Morgan fingerprint density at radius 2 is 2.18 bits per heavy atom. The van der Waals surface area contributed by atoms with Crippen LogP contribution in [0, 0.1) is 11.7 Å². The van der Waals surface area contributed by atoms with Crippen molar-refractivity contribution in [2.45, 2.75) is 20.3 Å². The average molecular weight is 235 g/mol. The van der Waals surface area contributed by atoms with Gasteiger partial charge in [-0.1, -0.05) is 26.0 Å². The lowest BCUT2D eigenvalue weighted by Gasteiger charge is -2.06. The zero-order chi connectivity index (χ0) is 12.3. The van der Waals surface area contributed by atoms with Gasteiger partial charge < -0.3 is 9.73 Å². The number of benzene rings is 1. The summed E-state index contributed by atoms with van der Waals surface area (Å²) >= 11 is 0. The van der Waals surface area contributed by atoms with Crippen LogP contribution in [0.2, 0.25) is 0 Å². The van der Waals surface area contributed by atoms with Crippen LogP contribution >= 0.6 is 0 Å². The standard InChI is InChI=1S/C14H18FNO/c1-10(2)8-16-7-6-11-9-17-14-12(11)4-3-5-13(14)15/h3-5,9-10,16H,6-8H2,1-2H3. The average Bonchev–Trinajstić information content (AvgIpc) is 2.69. The number of halogens is 1. The Hall–Kier alpha value is -1.35. The zero-order valence-corrected chi connectivity index (χ0v) is 10.3. The van der Waals surface area contributed by atoms with Crippen molar-refractivity contribution < 1.29 is 8.81 Å². The highest BCUT2D eigenvalue weighted by molar-refractivity contribution is 5.81. The first-order chi connectivity index (χ1) is 8.18. The molecule has 0 amide bonds. The number of hydrogen-bond acceptors (Lipinski definition) is 2. The van der Waals surface area contributed by atoms with Gasteiger partial charge in [0.1, 0.15) is 0 Å². The van der Waals surface area contributed by atoms with Crippen LogP contribution in [0.25, 0.3) is 11.0 Å². The zero-order valence-electron chi connectivity index (χ0n) is 10.3. The maximum atomic E-state index is 13.4. The number of hydrogen-bond donors (Lipinski definition) is 1. The van der Waals surface area contributed by atoms with Crippen LogP contribution in [0.5, 0.6) is 0 Å². The second kappa shape index (κ2) is 5.32. The van der Waals surface area contributed by atoms with Gasteiger partial charge in [-0.15, -0.1) is 0 Å². The molecule has 1 heterocycles. The number of fused-ring (bicyclic) bond motifs is 1. The molecular formula is C14H18FNO. The number of nitrogens with one attached hydrogen (secondary N) is 1. The van der Waals surface area contributed by atoms with Gasteiger partial charge in [-0.25, -0.2) is 4.39 Å². The Morgan fingerprint density at radius 1 is 1.35 bits per heavy atom. The third-order valence-corrected chi connectivity index (χ3v) is 2.76. The maximum absolute atomic E-state index is 13.4. The summed E-state index contributed by atoms with van der Waals surface area (Å²) < 4.78 is 18.6. The molecule has 0 aliphatic rings. The van der Waals surface area contributed by atoms with Gasteiger partial charge in [0, 0.05) is 5.39 Å². The highest BCUT2D eigenvalue weighted by atomic mass is 19.1. The predicted molar refractivity (Wildman–Crippen MR) is 67.6 cm³/mol. The van der Waals surface area contributed by atoms with Gasteiger partial charge in [-0.05, 0) is 37.1 Å². The molecule has 92 valence electrons. The smallest absolute Gasteiger partial charge is 0.169 e. The second-order valence-electron chi connectivity index (χ2n) is 4.73. The Balaban J connectivity index is 2.02. The van der Waals surface area contributed by atoms with Gasteiger partial charge in [-0.2, -0.15) is 0 Å². The molecule has 0 aliphatic carbocycles. The third kappa shape index (κ3) is 2.86. The molecule has 0 spiro atoms. The fourth-order valence-electron chi connectivity index (χ4n) is 1.88. The molecule has 0 fully saturated rings. The topological polar surface area (TPSA) is 25.2 Å². The van der Waals surface area contributed by atoms with Crippen molar-refractivity contribution in [3.05, 3.63) is 35.8 Å². The molecular weight excluding hydrogens is 217 g/mol. The summed E-state index contributed by atoms with van der Waals surface area (Å²) in [5.41, 5.74) is 1.43. The number of rotatable bonds is 5. The Morgan fingerprint density at radius 3 is 2.94 bits per heavy atom. The largest absolute Gasteiger partial charge is 0.461 e. The highest BCUT2D eigenvalue weighted by Crippen LogP contribution is 2.23. The lowest BCUT2D eigenvalue weighted by Crippen LogP contribution is -2.21. The third-order valence-electron chi connectivity index (χ3n) is 2.76. The van der Waals surface area contributed by atoms with Gasteiger partial charge >= 0.3 is 0 Å². The van der Waals surface area contributed by atoms with Crippen LogP contribution in [-0.4, -0.2) is 13.1 Å². The lowest BCUT2D eigenvalue weighted by atomic mass is 10.1. The molecule has 0 unspecified atom stereocenters. The molecule has 2 aromatic rings. The summed E-state index contributed by atoms with van der Waals surface area (Å²) in [6.07, 6.45) is 2.52. The Labute approximate surface area is 101 Å². The van der Waals surface area contributed by atoms with Crippen molar-refractivity contribution in [1.29, 1.82) is 0 Å². The van der Waals surface area contributed by atoms with Gasteiger partial charge in [0.2, 0.25) is 0 Å². The monoisotopic (exact) mass is 235 g/mol. The van der Waals surface area contributed by atoms with E-state index in [1.807, 2.05) is 6.07 Å². The number of para-hydroxylation sites is 1. The molecule has 0 saturated carbocycles. The molecule has 0 saturated heterocycles. The minimum Gasteiger partial charge on any atom is -0.461 e. The van der Waals surface area contributed by atoms with E-state index in [1.165, 1.54) is 6.07 Å². The summed E-state index contributed by atoms with van der Waals surface area (Å²) in [5.74, 6) is 0.359. The molecule has 0 atom stereocenters. The SMILES string of the molecule is CC(C)CNCCc1coc2c(F)cccc12. The van der Waals surface area contributed by atoms with Gasteiger partial charge in [0.05, 0.1) is 6.26 Å². The Kier molecular flexibility index (Phi) is 3.79. The van der Waals surface area contributed by atoms with E-state index in [9.17, 15) is 4.39 Å². The first-order valence-electron chi connectivity index (χ1n) is 6.04. The van der Waals surface area contributed by atoms with Gasteiger partial charge in [0.25, 0.3) is 0 Å². The fourth-order valence-corrected chi connectivity index (χ4v) is 1.88. The summed E-state index contributed by atoms with van der Waals surface area (Å²) in [6, 6.07) is 5.05. The summed E-state index contributed by atoms with van der Waals surface area (Å²) in [7, 11) is 0. The summed E-state index contributed by atoms with van der Waals surface area (Å²) in [4.78, 5) is 0. The summed E-state index contributed by atoms with van der Waals surface area (Å²) in [5, 5.41) is 4.25. The molecule has 0 aliphatic heterocycles. The van der Waals surface area contributed by atoms with Crippen LogP contribution in [0.1, 0.15) is 19.4 Å². The molecule has 1 N–H and O–H groups in total. The van der Waals surface area contributed by atoms with E-state index in [-0.39, 0.29) is 5.82 Å². The first-order valence-corrected chi connectivity index (χ1v) is 6.04. The van der Waals surface area contributed by atoms with E-state index in [0.29, 0.717) is 11.5 Å². The van der Waals surface area contributed by atoms with E-state index < -0.39 is 0 Å². The van der Waals surface area contributed by atoms with Crippen molar-refractivity contribution in [2.24, 2.45) is 5.92 Å². The minimum atomic E-state index is -0.288. The normalized spacial score (nSPS) is 11.5. The van der Waals surface area contributed by atoms with E-state index in [4.69, 9.17) is 4.42 Å². The molecule has 1 aromatic carbocycles.